The van der Waals surface area contributed by atoms with E-state index in [-0.39, 0.29) is 6.61 Å². The van der Waals surface area contributed by atoms with Gasteiger partial charge in [0.25, 0.3) is 0 Å². The van der Waals surface area contributed by atoms with Gasteiger partial charge in [-0.1, -0.05) is 6.92 Å². The number of rotatable bonds is 8. The van der Waals surface area contributed by atoms with Crippen LogP contribution >= 0.6 is 0 Å². The third kappa shape index (κ3) is 5.58. The Kier molecular flexibility index (Phi) is 7.03. The highest BCUT2D eigenvalue weighted by Gasteiger charge is 2.36. The minimum absolute atomic E-state index is 0.241. The lowest BCUT2D eigenvalue weighted by molar-refractivity contribution is -0.219. The summed E-state index contributed by atoms with van der Waals surface area (Å²) in [6.45, 7) is 1.86. The summed E-state index contributed by atoms with van der Waals surface area (Å²) >= 11 is 0. The molecular weight excluding hydrogens is 284 g/mol. The monoisotopic (exact) mass is 306 g/mol. The highest BCUT2D eigenvalue weighted by Crippen LogP contribution is 2.22. The quantitative estimate of drug-likeness (QED) is 0.454. The molecule has 4 N–H and O–H groups in total. The molecule has 1 aliphatic heterocycles. The van der Waals surface area contributed by atoms with E-state index in [9.17, 15) is 19.8 Å². The Bertz CT molecular complexity index is 358. The molecule has 5 atom stereocenters. The van der Waals surface area contributed by atoms with Gasteiger partial charge in [-0.3, -0.25) is 0 Å². The van der Waals surface area contributed by atoms with Gasteiger partial charge in [-0.25, -0.2) is 9.59 Å². The van der Waals surface area contributed by atoms with Crippen molar-refractivity contribution in [2.24, 2.45) is 5.92 Å². The first-order valence-corrected chi connectivity index (χ1v) is 6.91. The lowest BCUT2D eigenvalue weighted by atomic mass is 9.99. The van der Waals surface area contributed by atoms with Gasteiger partial charge in [-0.05, 0) is 25.2 Å². The maximum atomic E-state index is 11.0. The van der Waals surface area contributed by atoms with Gasteiger partial charge in [0.1, 0.15) is 0 Å². The van der Waals surface area contributed by atoms with Crippen molar-refractivity contribution in [1.82, 2.24) is 0 Å². The predicted octanol–water partition coefficient (Wildman–Crippen LogP) is -0.185. The summed E-state index contributed by atoms with van der Waals surface area (Å²) in [7, 11) is 0. The summed E-state index contributed by atoms with van der Waals surface area (Å²) in [5.41, 5.74) is 0. The standard InChI is InChI=1S/C13H22O8/c1-7(10(15)12(16)17)3-2-6-20-8-4-5-9(14)21-11(8)13(18)19/h7-11,14-15H,2-6H2,1H3,(H,16,17)(H,18,19)/t7?,8?,9?,10?,11-/m0/s1. The second-order valence-corrected chi connectivity index (χ2v) is 5.24. The van der Waals surface area contributed by atoms with E-state index in [2.05, 4.69) is 0 Å². The van der Waals surface area contributed by atoms with Crippen molar-refractivity contribution in [3.63, 3.8) is 0 Å². The van der Waals surface area contributed by atoms with Crippen molar-refractivity contribution in [3.05, 3.63) is 0 Å². The zero-order valence-electron chi connectivity index (χ0n) is 11.8. The Morgan fingerprint density at radius 2 is 2.00 bits per heavy atom. The minimum Gasteiger partial charge on any atom is -0.479 e. The SMILES string of the molecule is CC(CCCOC1CCC(O)O[C@@H]1C(=O)O)C(O)C(=O)O. The second-order valence-electron chi connectivity index (χ2n) is 5.24. The van der Waals surface area contributed by atoms with Crippen molar-refractivity contribution in [1.29, 1.82) is 0 Å². The van der Waals surface area contributed by atoms with Crippen LogP contribution < -0.4 is 0 Å². The van der Waals surface area contributed by atoms with Crippen molar-refractivity contribution in [3.8, 4) is 0 Å². The maximum Gasteiger partial charge on any atom is 0.335 e. The van der Waals surface area contributed by atoms with Gasteiger partial charge in [-0.2, -0.15) is 0 Å². The zero-order chi connectivity index (χ0) is 16.0. The van der Waals surface area contributed by atoms with Gasteiger partial charge in [0.2, 0.25) is 0 Å². The summed E-state index contributed by atoms with van der Waals surface area (Å²) in [5, 5.41) is 36.2. The van der Waals surface area contributed by atoms with Crippen LogP contribution in [0.1, 0.15) is 32.6 Å². The molecular formula is C13H22O8. The Hall–Kier alpha value is -1.22. The Labute approximate surface area is 122 Å². The van der Waals surface area contributed by atoms with Crippen LogP contribution in [0.5, 0.6) is 0 Å². The van der Waals surface area contributed by atoms with Crippen LogP contribution in [0.3, 0.4) is 0 Å². The molecule has 0 amide bonds. The summed E-state index contributed by atoms with van der Waals surface area (Å²) in [6.07, 6.45) is -2.70. The summed E-state index contributed by atoms with van der Waals surface area (Å²) in [4.78, 5) is 21.6. The number of carboxylic acids is 2. The molecule has 0 radical (unpaired) electrons. The molecule has 8 nitrogen and oxygen atoms in total. The average molecular weight is 306 g/mol. The number of carbonyl (C=O) groups is 2. The van der Waals surface area contributed by atoms with Crippen LogP contribution in [-0.4, -0.2) is 63.6 Å². The van der Waals surface area contributed by atoms with E-state index in [0.717, 1.165) is 0 Å². The van der Waals surface area contributed by atoms with E-state index in [1.54, 1.807) is 6.92 Å². The minimum atomic E-state index is -1.41. The van der Waals surface area contributed by atoms with Gasteiger partial charge >= 0.3 is 11.9 Å². The van der Waals surface area contributed by atoms with Crippen molar-refractivity contribution in [2.45, 2.75) is 57.2 Å². The van der Waals surface area contributed by atoms with Crippen LogP contribution in [0.25, 0.3) is 0 Å². The summed E-state index contributed by atoms with van der Waals surface area (Å²) in [6, 6.07) is 0. The van der Waals surface area contributed by atoms with E-state index in [1.165, 1.54) is 0 Å². The maximum absolute atomic E-state index is 11.0. The lowest BCUT2D eigenvalue weighted by Crippen LogP contribution is -2.45. The number of hydrogen-bond acceptors (Lipinski definition) is 6. The molecule has 1 aliphatic rings. The average Bonchev–Trinajstić information content (AvgIpc) is 2.43. The van der Waals surface area contributed by atoms with E-state index in [4.69, 9.17) is 19.7 Å². The Morgan fingerprint density at radius 3 is 2.57 bits per heavy atom. The molecule has 0 saturated carbocycles. The second kappa shape index (κ2) is 8.28. The molecule has 0 bridgehead atoms. The normalized spacial score (nSPS) is 28.8. The molecule has 1 saturated heterocycles. The van der Waals surface area contributed by atoms with Crippen molar-refractivity contribution in [2.75, 3.05) is 6.61 Å². The Morgan fingerprint density at radius 1 is 1.33 bits per heavy atom. The van der Waals surface area contributed by atoms with Crippen LogP contribution in [0.4, 0.5) is 0 Å². The molecule has 1 rings (SSSR count). The van der Waals surface area contributed by atoms with Crippen LogP contribution in [0.15, 0.2) is 0 Å². The summed E-state index contributed by atoms with van der Waals surface area (Å²) in [5.74, 6) is -2.86. The molecule has 21 heavy (non-hydrogen) atoms. The fourth-order valence-corrected chi connectivity index (χ4v) is 2.21. The molecule has 1 fully saturated rings. The number of ether oxygens (including phenoxy) is 2. The number of aliphatic carboxylic acids is 2. The smallest absolute Gasteiger partial charge is 0.335 e. The predicted molar refractivity (Wildman–Crippen MR) is 69.5 cm³/mol. The topological polar surface area (TPSA) is 134 Å². The number of aliphatic hydroxyl groups is 2. The van der Waals surface area contributed by atoms with E-state index in [0.29, 0.717) is 25.7 Å². The van der Waals surface area contributed by atoms with E-state index < -0.39 is 42.5 Å². The third-order valence-electron chi connectivity index (χ3n) is 3.51. The number of hydrogen-bond donors (Lipinski definition) is 4. The molecule has 0 aromatic carbocycles. The largest absolute Gasteiger partial charge is 0.479 e. The van der Waals surface area contributed by atoms with Crippen LogP contribution in [0.2, 0.25) is 0 Å². The van der Waals surface area contributed by atoms with Crippen molar-refractivity contribution >= 4 is 11.9 Å². The highest BCUT2D eigenvalue weighted by molar-refractivity contribution is 5.73. The van der Waals surface area contributed by atoms with Gasteiger partial charge in [0.15, 0.2) is 18.5 Å². The fourth-order valence-electron chi connectivity index (χ4n) is 2.21. The molecule has 1 heterocycles. The molecule has 0 aromatic rings. The van der Waals surface area contributed by atoms with Crippen molar-refractivity contribution < 1.29 is 39.5 Å². The third-order valence-corrected chi connectivity index (χ3v) is 3.51. The molecule has 8 heteroatoms. The highest BCUT2D eigenvalue weighted by atomic mass is 16.6. The van der Waals surface area contributed by atoms with Gasteiger partial charge < -0.3 is 29.9 Å². The first-order chi connectivity index (χ1) is 9.82. The summed E-state index contributed by atoms with van der Waals surface area (Å²) < 4.78 is 10.4. The van der Waals surface area contributed by atoms with Crippen LogP contribution in [0, 0.1) is 5.92 Å². The van der Waals surface area contributed by atoms with Gasteiger partial charge in [0.05, 0.1) is 6.10 Å². The molecule has 0 spiro atoms. The molecule has 0 aromatic heterocycles. The Balaban J connectivity index is 2.31. The molecule has 0 aliphatic carbocycles. The number of carboxylic acid groups (broad SMARTS) is 2. The number of aliphatic hydroxyl groups excluding tert-OH is 2. The fraction of sp³-hybridized carbons (Fsp3) is 0.846. The van der Waals surface area contributed by atoms with Gasteiger partial charge in [0, 0.05) is 13.0 Å². The zero-order valence-corrected chi connectivity index (χ0v) is 11.8. The molecule has 122 valence electrons. The first-order valence-electron chi connectivity index (χ1n) is 6.91. The van der Waals surface area contributed by atoms with Crippen LogP contribution in [-0.2, 0) is 19.1 Å². The van der Waals surface area contributed by atoms with E-state index in [1.807, 2.05) is 0 Å². The lowest BCUT2D eigenvalue weighted by Gasteiger charge is -2.31. The first kappa shape index (κ1) is 17.8. The molecule has 4 unspecified atom stereocenters. The van der Waals surface area contributed by atoms with Gasteiger partial charge in [-0.15, -0.1) is 0 Å². The van der Waals surface area contributed by atoms with E-state index >= 15 is 0 Å².